The van der Waals surface area contributed by atoms with E-state index < -0.39 is 17.5 Å². The maximum atomic E-state index is 13.3. The van der Waals surface area contributed by atoms with Crippen molar-refractivity contribution in [3.8, 4) is 0 Å². The zero-order valence-electron chi connectivity index (χ0n) is 11.3. The first-order valence-corrected chi connectivity index (χ1v) is 6.60. The standard InChI is InChI=1S/C12H18F3N3O2/c1-9(19)17-4-6-18(7-5-17)10(20)11(12(13,14)15)2-3-16-8-11/h16H,2-8H2,1H3. The molecule has 0 radical (unpaired) electrons. The number of halogens is 3. The lowest BCUT2D eigenvalue weighted by molar-refractivity contribution is -0.222. The van der Waals surface area contributed by atoms with Crippen LogP contribution in [0.4, 0.5) is 13.2 Å². The Kier molecular flexibility index (Phi) is 3.95. The molecule has 8 heteroatoms. The molecule has 0 saturated carbocycles. The van der Waals surface area contributed by atoms with E-state index in [4.69, 9.17) is 0 Å². The average Bonchev–Trinajstić information content (AvgIpc) is 2.88. The lowest BCUT2D eigenvalue weighted by Crippen LogP contribution is -2.58. The van der Waals surface area contributed by atoms with E-state index in [2.05, 4.69) is 5.32 Å². The van der Waals surface area contributed by atoms with Crippen molar-refractivity contribution in [2.75, 3.05) is 39.3 Å². The molecule has 1 N–H and O–H groups in total. The first-order chi connectivity index (χ1) is 9.28. The van der Waals surface area contributed by atoms with E-state index >= 15 is 0 Å². The van der Waals surface area contributed by atoms with Crippen LogP contribution in [0, 0.1) is 5.41 Å². The van der Waals surface area contributed by atoms with Gasteiger partial charge in [-0.05, 0) is 13.0 Å². The Morgan fingerprint density at radius 1 is 1.10 bits per heavy atom. The summed E-state index contributed by atoms with van der Waals surface area (Å²) in [5, 5.41) is 2.63. The van der Waals surface area contributed by atoms with Crippen molar-refractivity contribution in [2.45, 2.75) is 19.5 Å². The third-order valence-corrected chi connectivity index (χ3v) is 4.12. The van der Waals surface area contributed by atoms with Crippen LogP contribution in [-0.4, -0.2) is 67.1 Å². The van der Waals surface area contributed by atoms with Crippen LogP contribution in [0.2, 0.25) is 0 Å². The van der Waals surface area contributed by atoms with E-state index in [1.54, 1.807) is 0 Å². The van der Waals surface area contributed by atoms with E-state index in [0.29, 0.717) is 13.1 Å². The van der Waals surface area contributed by atoms with Crippen molar-refractivity contribution in [3.63, 3.8) is 0 Å². The predicted octanol–water partition coefficient (Wildman–Crippen LogP) is 0.219. The molecule has 5 nitrogen and oxygen atoms in total. The van der Waals surface area contributed by atoms with Crippen LogP contribution in [0.25, 0.3) is 0 Å². The van der Waals surface area contributed by atoms with Gasteiger partial charge in [-0.3, -0.25) is 9.59 Å². The SMILES string of the molecule is CC(=O)N1CCN(C(=O)C2(C(F)(F)F)CCNC2)CC1. The highest BCUT2D eigenvalue weighted by Crippen LogP contribution is 2.44. The highest BCUT2D eigenvalue weighted by atomic mass is 19.4. The van der Waals surface area contributed by atoms with Crippen LogP contribution in [0.5, 0.6) is 0 Å². The maximum Gasteiger partial charge on any atom is 0.404 e. The Bertz CT molecular complexity index is 397. The third kappa shape index (κ3) is 2.48. The second-order valence-corrected chi connectivity index (χ2v) is 5.30. The molecule has 2 aliphatic rings. The molecular weight excluding hydrogens is 275 g/mol. The highest BCUT2D eigenvalue weighted by Gasteiger charge is 2.62. The minimum atomic E-state index is -4.55. The average molecular weight is 293 g/mol. The Hall–Kier alpha value is -1.31. The molecule has 0 aliphatic carbocycles. The zero-order valence-corrected chi connectivity index (χ0v) is 11.3. The second-order valence-electron chi connectivity index (χ2n) is 5.30. The Morgan fingerprint density at radius 3 is 2.05 bits per heavy atom. The number of nitrogens with one attached hydrogen (secondary N) is 1. The van der Waals surface area contributed by atoms with E-state index in [1.807, 2.05) is 0 Å². The summed E-state index contributed by atoms with van der Waals surface area (Å²) in [5.41, 5.74) is -2.30. The van der Waals surface area contributed by atoms with Gasteiger partial charge in [0.25, 0.3) is 0 Å². The molecule has 2 saturated heterocycles. The highest BCUT2D eigenvalue weighted by molar-refractivity contribution is 5.84. The summed E-state index contributed by atoms with van der Waals surface area (Å²) in [6, 6.07) is 0. The normalized spacial score (nSPS) is 27.8. The summed E-state index contributed by atoms with van der Waals surface area (Å²) in [7, 11) is 0. The van der Waals surface area contributed by atoms with Gasteiger partial charge in [-0.25, -0.2) is 0 Å². The summed E-state index contributed by atoms with van der Waals surface area (Å²) in [6.45, 7) is 2.16. The number of amides is 2. The maximum absolute atomic E-state index is 13.3. The van der Waals surface area contributed by atoms with Gasteiger partial charge in [-0.1, -0.05) is 0 Å². The summed E-state index contributed by atoms with van der Waals surface area (Å²) in [5.74, 6) is -0.983. The van der Waals surface area contributed by atoms with Crippen molar-refractivity contribution in [2.24, 2.45) is 5.41 Å². The summed E-state index contributed by atoms with van der Waals surface area (Å²) in [6.07, 6.45) is -4.77. The van der Waals surface area contributed by atoms with Crippen LogP contribution < -0.4 is 5.32 Å². The van der Waals surface area contributed by atoms with Gasteiger partial charge in [0.1, 0.15) is 0 Å². The van der Waals surface area contributed by atoms with Gasteiger partial charge in [-0.2, -0.15) is 13.2 Å². The van der Waals surface area contributed by atoms with E-state index in [1.165, 1.54) is 16.7 Å². The van der Waals surface area contributed by atoms with Crippen molar-refractivity contribution < 1.29 is 22.8 Å². The lowest BCUT2D eigenvalue weighted by Gasteiger charge is -2.39. The van der Waals surface area contributed by atoms with Crippen LogP contribution >= 0.6 is 0 Å². The van der Waals surface area contributed by atoms with Crippen LogP contribution in [0.3, 0.4) is 0 Å². The van der Waals surface area contributed by atoms with Crippen molar-refractivity contribution >= 4 is 11.8 Å². The molecule has 2 fully saturated rings. The van der Waals surface area contributed by atoms with E-state index in [-0.39, 0.29) is 38.5 Å². The van der Waals surface area contributed by atoms with Gasteiger partial charge in [0.05, 0.1) is 0 Å². The Labute approximate surface area is 115 Å². The van der Waals surface area contributed by atoms with Crippen molar-refractivity contribution in [1.82, 2.24) is 15.1 Å². The van der Waals surface area contributed by atoms with Gasteiger partial charge in [0, 0.05) is 39.6 Å². The van der Waals surface area contributed by atoms with Crippen molar-refractivity contribution in [1.29, 1.82) is 0 Å². The van der Waals surface area contributed by atoms with Crippen molar-refractivity contribution in [3.05, 3.63) is 0 Å². The molecule has 0 aromatic rings. The minimum Gasteiger partial charge on any atom is -0.339 e. The number of rotatable bonds is 1. The van der Waals surface area contributed by atoms with E-state index in [9.17, 15) is 22.8 Å². The molecule has 1 atom stereocenters. The van der Waals surface area contributed by atoms with Gasteiger partial charge >= 0.3 is 6.18 Å². The van der Waals surface area contributed by atoms with E-state index in [0.717, 1.165) is 0 Å². The topological polar surface area (TPSA) is 52.7 Å². The summed E-state index contributed by atoms with van der Waals surface area (Å²) in [4.78, 5) is 26.3. The quantitative estimate of drug-likeness (QED) is 0.752. The molecule has 0 bridgehead atoms. The fourth-order valence-electron chi connectivity index (χ4n) is 2.76. The fourth-order valence-corrected chi connectivity index (χ4v) is 2.76. The number of alkyl halides is 3. The van der Waals surface area contributed by atoms with Gasteiger partial charge < -0.3 is 15.1 Å². The van der Waals surface area contributed by atoms with Crippen LogP contribution in [0.15, 0.2) is 0 Å². The van der Waals surface area contributed by atoms with Gasteiger partial charge in [0.2, 0.25) is 11.8 Å². The number of carbonyl (C=O) groups is 2. The van der Waals surface area contributed by atoms with Crippen LogP contribution in [-0.2, 0) is 9.59 Å². The first kappa shape index (κ1) is 15.1. The molecule has 2 amide bonds. The number of piperazine rings is 1. The number of nitrogens with zero attached hydrogens (tertiary/aromatic N) is 2. The minimum absolute atomic E-state index is 0.120. The Morgan fingerprint density at radius 2 is 1.65 bits per heavy atom. The molecule has 20 heavy (non-hydrogen) atoms. The van der Waals surface area contributed by atoms with Gasteiger partial charge in [-0.15, -0.1) is 0 Å². The lowest BCUT2D eigenvalue weighted by atomic mass is 9.84. The molecule has 114 valence electrons. The molecule has 2 heterocycles. The molecular formula is C12H18F3N3O2. The Balaban J connectivity index is 2.09. The number of hydrogen-bond acceptors (Lipinski definition) is 3. The summed E-state index contributed by atoms with van der Waals surface area (Å²) >= 11 is 0. The fraction of sp³-hybridized carbons (Fsp3) is 0.833. The molecule has 0 spiro atoms. The van der Waals surface area contributed by atoms with Gasteiger partial charge in [0.15, 0.2) is 5.41 Å². The smallest absolute Gasteiger partial charge is 0.339 e. The molecule has 2 aliphatic heterocycles. The molecule has 2 rings (SSSR count). The number of hydrogen-bond donors (Lipinski definition) is 1. The second kappa shape index (κ2) is 5.23. The predicted molar refractivity (Wildman–Crippen MR) is 64.8 cm³/mol. The zero-order chi connectivity index (χ0) is 15.0. The summed E-state index contributed by atoms with van der Waals surface area (Å²) < 4.78 is 39.8. The molecule has 0 aromatic heterocycles. The number of carbonyl (C=O) groups excluding carboxylic acids is 2. The van der Waals surface area contributed by atoms with Crippen LogP contribution in [0.1, 0.15) is 13.3 Å². The first-order valence-electron chi connectivity index (χ1n) is 6.60. The molecule has 0 aromatic carbocycles. The monoisotopic (exact) mass is 293 g/mol. The third-order valence-electron chi connectivity index (χ3n) is 4.12. The largest absolute Gasteiger partial charge is 0.404 e. The molecule has 1 unspecified atom stereocenters.